The van der Waals surface area contributed by atoms with Crippen molar-refractivity contribution >= 4 is 21.8 Å². The summed E-state index contributed by atoms with van der Waals surface area (Å²) in [6.45, 7) is 7.16. The van der Waals surface area contributed by atoms with Crippen molar-refractivity contribution in [2.75, 3.05) is 11.9 Å². The van der Waals surface area contributed by atoms with Crippen molar-refractivity contribution in [1.29, 1.82) is 0 Å². The Morgan fingerprint density at radius 3 is 2.40 bits per heavy atom. The number of carbonyl (C=O) groups excluding carboxylic acids is 1. The SMILES string of the molecule is CCCCCCC(=O)N(CCBr)C(C)C. The topological polar surface area (TPSA) is 20.3 Å². The molecule has 2 nitrogen and oxygen atoms in total. The summed E-state index contributed by atoms with van der Waals surface area (Å²) in [5.41, 5.74) is 0. The molecule has 1 amide bonds. The summed E-state index contributed by atoms with van der Waals surface area (Å²) < 4.78 is 0. The van der Waals surface area contributed by atoms with E-state index in [1.165, 1.54) is 19.3 Å². The van der Waals surface area contributed by atoms with Crippen LogP contribution in [0.3, 0.4) is 0 Å². The minimum Gasteiger partial charge on any atom is -0.339 e. The van der Waals surface area contributed by atoms with Gasteiger partial charge < -0.3 is 4.90 Å². The van der Waals surface area contributed by atoms with Crippen LogP contribution in [0.5, 0.6) is 0 Å². The fourth-order valence-corrected chi connectivity index (χ4v) is 1.99. The van der Waals surface area contributed by atoms with Crippen LogP contribution < -0.4 is 0 Å². The average molecular weight is 278 g/mol. The second kappa shape index (κ2) is 9.20. The van der Waals surface area contributed by atoms with E-state index in [1.54, 1.807) is 0 Å². The molecule has 0 rings (SSSR count). The molecule has 0 radical (unpaired) electrons. The molecular weight excluding hydrogens is 254 g/mol. The Bertz CT molecular complexity index is 171. The lowest BCUT2D eigenvalue weighted by molar-refractivity contribution is -0.132. The highest BCUT2D eigenvalue weighted by molar-refractivity contribution is 9.09. The average Bonchev–Trinajstić information content (AvgIpc) is 2.20. The predicted molar refractivity (Wildman–Crippen MR) is 69.4 cm³/mol. The van der Waals surface area contributed by atoms with E-state index in [9.17, 15) is 4.79 Å². The highest BCUT2D eigenvalue weighted by Gasteiger charge is 2.14. The maximum atomic E-state index is 11.8. The van der Waals surface area contributed by atoms with Crippen LogP contribution >= 0.6 is 15.9 Å². The third kappa shape index (κ3) is 6.93. The first-order valence-corrected chi connectivity index (χ1v) is 7.11. The largest absolute Gasteiger partial charge is 0.339 e. The number of rotatable bonds is 8. The number of nitrogens with zero attached hydrogens (tertiary/aromatic N) is 1. The fraction of sp³-hybridized carbons (Fsp3) is 0.917. The molecule has 0 aromatic heterocycles. The van der Waals surface area contributed by atoms with Gasteiger partial charge in [-0.1, -0.05) is 42.1 Å². The molecule has 0 saturated heterocycles. The fourth-order valence-electron chi connectivity index (χ4n) is 1.61. The molecule has 0 aromatic carbocycles. The van der Waals surface area contributed by atoms with Crippen LogP contribution in [0, 0.1) is 0 Å². The van der Waals surface area contributed by atoms with Gasteiger partial charge in [0.15, 0.2) is 0 Å². The second-order valence-electron chi connectivity index (χ2n) is 4.18. The Morgan fingerprint density at radius 2 is 1.93 bits per heavy atom. The molecule has 0 spiro atoms. The molecule has 0 saturated carbocycles. The molecule has 3 heteroatoms. The molecule has 0 heterocycles. The van der Waals surface area contributed by atoms with Gasteiger partial charge in [0, 0.05) is 24.3 Å². The summed E-state index contributed by atoms with van der Waals surface area (Å²) >= 11 is 3.39. The second-order valence-corrected chi connectivity index (χ2v) is 4.97. The lowest BCUT2D eigenvalue weighted by atomic mass is 10.1. The van der Waals surface area contributed by atoms with Crippen molar-refractivity contribution in [3.63, 3.8) is 0 Å². The van der Waals surface area contributed by atoms with Crippen LogP contribution in [-0.4, -0.2) is 28.7 Å². The molecule has 0 unspecified atom stereocenters. The summed E-state index contributed by atoms with van der Waals surface area (Å²) in [6, 6.07) is 0.321. The molecule has 0 aromatic rings. The number of hydrogen-bond acceptors (Lipinski definition) is 1. The van der Waals surface area contributed by atoms with Crippen LogP contribution in [0.2, 0.25) is 0 Å². The van der Waals surface area contributed by atoms with Gasteiger partial charge in [-0.15, -0.1) is 0 Å². The Labute approximate surface area is 103 Å². The minimum absolute atomic E-state index is 0.306. The van der Waals surface area contributed by atoms with Crippen molar-refractivity contribution in [3.05, 3.63) is 0 Å². The van der Waals surface area contributed by atoms with Gasteiger partial charge in [0.2, 0.25) is 5.91 Å². The van der Waals surface area contributed by atoms with Gasteiger partial charge in [0.1, 0.15) is 0 Å². The first kappa shape index (κ1) is 14.9. The van der Waals surface area contributed by atoms with Crippen LogP contribution in [0.25, 0.3) is 0 Å². The van der Waals surface area contributed by atoms with Crippen molar-refractivity contribution in [2.24, 2.45) is 0 Å². The highest BCUT2D eigenvalue weighted by atomic mass is 79.9. The zero-order chi connectivity index (χ0) is 11.7. The highest BCUT2D eigenvalue weighted by Crippen LogP contribution is 2.08. The van der Waals surface area contributed by atoms with E-state index in [-0.39, 0.29) is 0 Å². The lowest BCUT2D eigenvalue weighted by Crippen LogP contribution is -2.38. The predicted octanol–water partition coefficient (Wildman–Crippen LogP) is 3.59. The van der Waals surface area contributed by atoms with E-state index >= 15 is 0 Å². The Kier molecular flexibility index (Phi) is 9.17. The Balaban J connectivity index is 3.82. The van der Waals surface area contributed by atoms with Gasteiger partial charge in [-0.05, 0) is 20.3 Å². The standard InChI is InChI=1S/C12H24BrNO/c1-4-5-6-7-8-12(15)14(10-9-13)11(2)3/h11H,4-10H2,1-3H3. The molecule has 0 bridgehead atoms. The minimum atomic E-state index is 0.306. The van der Waals surface area contributed by atoms with Crippen molar-refractivity contribution in [1.82, 2.24) is 4.90 Å². The van der Waals surface area contributed by atoms with Gasteiger partial charge >= 0.3 is 0 Å². The lowest BCUT2D eigenvalue weighted by Gasteiger charge is -2.26. The maximum absolute atomic E-state index is 11.8. The van der Waals surface area contributed by atoms with Crippen LogP contribution in [0.1, 0.15) is 52.9 Å². The Morgan fingerprint density at radius 1 is 1.27 bits per heavy atom. The molecule has 0 atom stereocenters. The number of amides is 1. The molecule has 0 N–H and O–H groups in total. The molecule has 0 aliphatic heterocycles. The number of hydrogen-bond donors (Lipinski definition) is 0. The summed E-state index contributed by atoms with van der Waals surface area (Å²) in [5.74, 6) is 0.306. The summed E-state index contributed by atoms with van der Waals surface area (Å²) in [4.78, 5) is 13.8. The van der Waals surface area contributed by atoms with Crippen molar-refractivity contribution < 1.29 is 4.79 Å². The van der Waals surface area contributed by atoms with Gasteiger partial charge in [-0.3, -0.25) is 4.79 Å². The monoisotopic (exact) mass is 277 g/mol. The van der Waals surface area contributed by atoms with E-state index in [0.29, 0.717) is 18.4 Å². The number of halogens is 1. The Hall–Kier alpha value is -0.0500. The number of unbranched alkanes of at least 4 members (excludes halogenated alkanes) is 3. The first-order valence-electron chi connectivity index (χ1n) is 5.98. The molecule has 0 aliphatic carbocycles. The summed E-state index contributed by atoms with van der Waals surface area (Å²) in [5, 5.41) is 0.867. The third-order valence-corrected chi connectivity index (χ3v) is 2.87. The summed E-state index contributed by atoms with van der Waals surface area (Å²) in [7, 11) is 0. The van der Waals surface area contributed by atoms with E-state index in [0.717, 1.165) is 18.3 Å². The molecule has 0 fully saturated rings. The van der Waals surface area contributed by atoms with Crippen molar-refractivity contribution in [2.45, 2.75) is 58.9 Å². The van der Waals surface area contributed by atoms with Gasteiger partial charge in [-0.25, -0.2) is 0 Å². The first-order chi connectivity index (χ1) is 7.13. The van der Waals surface area contributed by atoms with Gasteiger partial charge in [0.25, 0.3) is 0 Å². The quantitative estimate of drug-likeness (QED) is 0.491. The maximum Gasteiger partial charge on any atom is 0.222 e. The number of carbonyl (C=O) groups is 1. The normalized spacial score (nSPS) is 10.7. The zero-order valence-corrected chi connectivity index (χ0v) is 11.8. The van der Waals surface area contributed by atoms with Gasteiger partial charge in [-0.2, -0.15) is 0 Å². The molecule has 90 valence electrons. The molecular formula is C12H24BrNO. The van der Waals surface area contributed by atoms with Crippen molar-refractivity contribution in [3.8, 4) is 0 Å². The smallest absolute Gasteiger partial charge is 0.222 e. The van der Waals surface area contributed by atoms with Crippen LogP contribution in [0.15, 0.2) is 0 Å². The zero-order valence-electron chi connectivity index (χ0n) is 10.3. The third-order valence-electron chi connectivity index (χ3n) is 2.51. The van der Waals surface area contributed by atoms with E-state index in [1.807, 2.05) is 4.90 Å². The van der Waals surface area contributed by atoms with Crippen LogP contribution in [-0.2, 0) is 4.79 Å². The molecule has 0 aliphatic rings. The van der Waals surface area contributed by atoms with Gasteiger partial charge in [0.05, 0.1) is 0 Å². The van der Waals surface area contributed by atoms with Crippen LogP contribution in [0.4, 0.5) is 0 Å². The summed E-state index contributed by atoms with van der Waals surface area (Å²) in [6.07, 6.45) is 5.41. The van der Waals surface area contributed by atoms with E-state index in [4.69, 9.17) is 0 Å². The van der Waals surface area contributed by atoms with E-state index in [2.05, 4.69) is 36.7 Å². The van der Waals surface area contributed by atoms with E-state index < -0.39 is 0 Å². The molecule has 15 heavy (non-hydrogen) atoms. The number of alkyl halides is 1.